The van der Waals surface area contributed by atoms with Crippen LogP contribution in [0.5, 0.6) is 0 Å². The van der Waals surface area contributed by atoms with E-state index in [1.165, 1.54) is 4.88 Å². The lowest BCUT2D eigenvalue weighted by Gasteiger charge is -2.28. The third kappa shape index (κ3) is 3.30. The van der Waals surface area contributed by atoms with Crippen LogP contribution in [0.2, 0.25) is 0 Å². The van der Waals surface area contributed by atoms with E-state index < -0.39 is 0 Å². The molecule has 3 nitrogen and oxygen atoms in total. The summed E-state index contributed by atoms with van der Waals surface area (Å²) in [6.07, 6.45) is 2.15. The summed E-state index contributed by atoms with van der Waals surface area (Å²) in [6.45, 7) is 5.53. The van der Waals surface area contributed by atoms with Gasteiger partial charge in [-0.15, -0.1) is 11.3 Å². The molecule has 4 heteroatoms. The van der Waals surface area contributed by atoms with Crippen molar-refractivity contribution in [2.45, 2.75) is 26.3 Å². The molecule has 1 amide bonds. The Kier molecular flexibility index (Phi) is 4.57. The van der Waals surface area contributed by atoms with E-state index in [4.69, 9.17) is 0 Å². The average molecular weight is 252 g/mol. The van der Waals surface area contributed by atoms with Gasteiger partial charge in [0.15, 0.2) is 0 Å². The maximum Gasteiger partial charge on any atom is 0.227 e. The predicted molar refractivity (Wildman–Crippen MR) is 71.0 cm³/mol. The summed E-state index contributed by atoms with van der Waals surface area (Å²) < 4.78 is 0. The summed E-state index contributed by atoms with van der Waals surface area (Å²) in [7, 11) is 0. The van der Waals surface area contributed by atoms with Gasteiger partial charge < -0.3 is 10.2 Å². The average Bonchev–Trinajstić information content (AvgIpc) is 2.89. The number of rotatable bonds is 4. The topological polar surface area (TPSA) is 32.3 Å². The van der Waals surface area contributed by atoms with Crippen LogP contribution < -0.4 is 5.32 Å². The second-order valence-electron chi connectivity index (χ2n) is 4.48. The number of nitrogens with one attached hydrogen (secondary N) is 1. The van der Waals surface area contributed by atoms with Crippen molar-refractivity contribution in [2.75, 3.05) is 19.6 Å². The lowest BCUT2D eigenvalue weighted by molar-refractivity contribution is -0.136. The Hall–Kier alpha value is -0.870. The number of carbonyl (C=O) groups excluding carboxylic acids is 1. The van der Waals surface area contributed by atoms with Crippen LogP contribution in [0, 0.1) is 5.92 Å². The first kappa shape index (κ1) is 12.6. The number of hydrogen-bond acceptors (Lipinski definition) is 3. The molecule has 0 saturated carbocycles. The van der Waals surface area contributed by atoms with Crippen molar-refractivity contribution in [3.8, 4) is 0 Å². The molecule has 17 heavy (non-hydrogen) atoms. The van der Waals surface area contributed by atoms with Crippen molar-refractivity contribution < 1.29 is 4.79 Å². The number of thiophene rings is 1. The lowest BCUT2D eigenvalue weighted by atomic mass is 9.98. The SMILES string of the molecule is CCN(Cc1cccs1)C(=O)C1CCCNC1. The van der Waals surface area contributed by atoms with Gasteiger partial charge in [0.25, 0.3) is 0 Å². The summed E-state index contributed by atoms with van der Waals surface area (Å²) in [5, 5.41) is 5.37. The lowest BCUT2D eigenvalue weighted by Crippen LogP contribution is -2.42. The molecule has 1 unspecified atom stereocenters. The van der Waals surface area contributed by atoms with Crippen molar-refractivity contribution >= 4 is 17.2 Å². The van der Waals surface area contributed by atoms with E-state index in [9.17, 15) is 4.79 Å². The first-order chi connectivity index (χ1) is 8.31. The van der Waals surface area contributed by atoms with Crippen molar-refractivity contribution in [2.24, 2.45) is 5.92 Å². The van der Waals surface area contributed by atoms with Crippen LogP contribution in [0.25, 0.3) is 0 Å². The van der Waals surface area contributed by atoms with E-state index in [2.05, 4.69) is 23.7 Å². The summed E-state index contributed by atoms with van der Waals surface area (Å²) >= 11 is 1.72. The highest BCUT2D eigenvalue weighted by Crippen LogP contribution is 2.17. The Morgan fingerprint density at radius 1 is 1.65 bits per heavy atom. The Balaban J connectivity index is 1.94. The molecule has 1 fully saturated rings. The van der Waals surface area contributed by atoms with Crippen molar-refractivity contribution in [3.05, 3.63) is 22.4 Å². The molecule has 0 spiro atoms. The highest BCUT2D eigenvalue weighted by Gasteiger charge is 2.25. The molecule has 1 aliphatic heterocycles. The second kappa shape index (κ2) is 6.17. The van der Waals surface area contributed by atoms with Crippen LogP contribution in [0.4, 0.5) is 0 Å². The Labute approximate surface area is 107 Å². The highest BCUT2D eigenvalue weighted by atomic mass is 32.1. The molecule has 1 aromatic heterocycles. The molecule has 1 aliphatic rings. The molecule has 1 saturated heterocycles. The fourth-order valence-electron chi connectivity index (χ4n) is 2.26. The number of carbonyl (C=O) groups is 1. The maximum absolute atomic E-state index is 12.3. The summed E-state index contributed by atoms with van der Waals surface area (Å²) in [4.78, 5) is 15.6. The minimum absolute atomic E-state index is 0.184. The second-order valence-corrected chi connectivity index (χ2v) is 5.51. The minimum Gasteiger partial charge on any atom is -0.338 e. The normalized spacial score (nSPS) is 20.2. The van der Waals surface area contributed by atoms with Gasteiger partial charge in [-0.05, 0) is 37.8 Å². The van der Waals surface area contributed by atoms with E-state index in [1.54, 1.807) is 11.3 Å². The smallest absolute Gasteiger partial charge is 0.227 e. The van der Waals surface area contributed by atoms with Crippen LogP contribution in [0.15, 0.2) is 17.5 Å². The largest absolute Gasteiger partial charge is 0.338 e. The van der Waals surface area contributed by atoms with Gasteiger partial charge in [-0.1, -0.05) is 6.07 Å². The van der Waals surface area contributed by atoms with Crippen LogP contribution in [-0.4, -0.2) is 30.4 Å². The van der Waals surface area contributed by atoms with Crippen LogP contribution >= 0.6 is 11.3 Å². The van der Waals surface area contributed by atoms with Crippen LogP contribution in [0.1, 0.15) is 24.6 Å². The molecular formula is C13H20N2OS. The van der Waals surface area contributed by atoms with E-state index in [0.717, 1.165) is 39.0 Å². The Morgan fingerprint density at radius 2 is 2.53 bits per heavy atom. The molecule has 1 atom stereocenters. The van der Waals surface area contributed by atoms with Crippen LogP contribution in [-0.2, 0) is 11.3 Å². The quantitative estimate of drug-likeness (QED) is 0.890. The monoisotopic (exact) mass is 252 g/mol. The van der Waals surface area contributed by atoms with Gasteiger partial charge >= 0.3 is 0 Å². The van der Waals surface area contributed by atoms with Crippen molar-refractivity contribution in [1.29, 1.82) is 0 Å². The van der Waals surface area contributed by atoms with Gasteiger partial charge in [0.2, 0.25) is 5.91 Å². The number of hydrogen-bond donors (Lipinski definition) is 1. The Bertz CT molecular complexity index is 344. The zero-order valence-corrected chi connectivity index (χ0v) is 11.1. The number of piperidine rings is 1. The summed E-state index contributed by atoms with van der Waals surface area (Å²) in [5.41, 5.74) is 0. The highest BCUT2D eigenvalue weighted by molar-refractivity contribution is 7.09. The van der Waals surface area contributed by atoms with Gasteiger partial charge in [-0.2, -0.15) is 0 Å². The molecule has 0 aromatic carbocycles. The van der Waals surface area contributed by atoms with Gasteiger partial charge in [0.05, 0.1) is 12.5 Å². The van der Waals surface area contributed by atoms with Gasteiger partial charge in [-0.25, -0.2) is 0 Å². The molecule has 0 radical (unpaired) electrons. The third-order valence-electron chi connectivity index (χ3n) is 3.27. The van der Waals surface area contributed by atoms with E-state index in [0.29, 0.717) is 5.91 Å². The molecule has 2 rings (SSSR count). The zero-order chi connectivity index (χ0) is 12.1. The van der Waals surface area contributed by atoms with Gasteiger partial charge in [0.1, 0.15) is 0 Å². The maximum atomic E-state index is 12.3. The van der Waals surface area contributed by atoms with E-state index in [-0.39, 0.29) is 5.92 Å². The third-order valence-corrected chi connectivity index (χ3v) is 4.13. The minimum atomic E-state index is 0.184. The standard InChI is InChI=1S/C13H20N2OS/c1-2-15(10-12-6-4-8-17-12)13(16)11-5-3-7-14-9-11/h4,6,8,11,14H,2-3,5,7,9-10H2,1H3. The van der Waals surface area contributed by atoms with Gasteiger partial charge in [0, 0.05) is 18.0 Å². The first-order valence-electron chi connectivity index (χ1n) is 6.33. The molecule has 2 heterocycles. The van der Waals surface area contributed by atoms with Crippen molar-refractivity contribution in [3.63, 3.8) is 0 Å². The molecule has 1 N–H and O–H groups in total. The Morgan fingerprint density at radius 3 is 3.12 bits per heavy atom. The fraction of sp³-hybridized carbons (Fsp3) is 0.615. The van der Waals surface area contributed by atoms with Crippen LogP contribution in [0.3, 0.4) is 0 Å². The fourth-order valence-corrected chi connectivity index (χ4v) is 2.98. The summed E-state index contributed by atoms with van der Waals surface area (Å²) in [5.74, 6) is 0.497. The van der Waals surface area contributed by atoms with E-state index in [1.807, 2.05) is 11.0 Å². The predicted octanol–water partition coefficient (Wildman–Crippen LogP) is 2.10. The molecule has 94 valence electrons. The van der Waals surface area contributed by atoms with Crippen molar-refractivity contribution in [1.82, 2.24) is 10.2 Å². The molecule has 1 aromatic rings. The molecule has 0 aliphatic carbocycles. The van der Waals surface area contributed by atoms with E-state index >= 15 is 0 Å². The zero-order valence-electron chi connectivity index (χ0n) is 10.3. The number of amides is 1. The first-order valence-corrected chi connectivity index (χ1v) is 7.21. The molecular weight excluding hydrogens is 232 g/mol. The summed E-state index contributed by atoms with van der Waals surface area (Å²) in [6, 6.07) is 4.14. The number of nitrogens with zero attached hydrogens (tertiary/aromatic N) is 1. The molecule has 0 bridgehead atoms. The van der Waals surface area contributed by atoms with Gasteiger partial charge in [-0.3, -0.25) is 4.79 Å².